The summed E-state index contributed by atoms with van der Waals surface area (Å²) in [6.45, 7) is 1.99. The van der Waals surface area contributed by atoms with Gasteiger partial charge in [0.05, 0.1) is 9.95 Å². The second kappa shape index (κ2) is 6.69. The summed E-state index contributed by atoms with van der Waals surface area (Å²) in [4.78, 5) is 9.82. The first-order valence-electron chi connectivity index (χ1n) is 6.54. The van der Waals surface area contributed by atoms with Gasteiger partial charge in [0.15, 0.2) is 0 Å². The normalized spacial score (nSPS) is 19.4. The van der Waals surface area contributed by atoms with Gasteiger partial charge < -0.3 is 5.32 Å². The van der Waals surface area contributed by atoms with Crippen molar-refractivity contribution in [3.05, 3.63) is 33.3 Å². The van der Waals surface area contributed by atoms with Crippen molar-refractivity contribution in [3.63, 3.8) is 0 Å². The van der Waals surface area contributed by atoms with E-state index in [9.17, 15) is 18.5 Å². The molecule has 1 saturated heterocycles. The molecule has 0 aliphatic carbocycles. The lowest BCUT2D eigenvalue weighted by molar-refractivity contribution is -0.385. The Morgan fingerprint density at radius 1 is 1.48 bits per heavy atom. The van der Waals surface area contributed by atoms with Crippen LogP contribution in [0.5, 0.6) is 0 Å². The molecular weight excluding hydrogens is 318 g/mol. The molecular formula is C12H16ClN3O4S. The SMILES string of the molecule is O=[N+]([O-])c1ccc(Cl)c(S(=O)(=O)NCC2CCCNC2)c1. The van der Waals surface area contributed by atoms with E-state index in [0.717, 1.165) is 32.0 Å². The van der Waals surface area contributed by atoms with Crippen molar-refractivity contribution in [2.24, 2.45) is 5.92 Å². The molecule has 1 aliphatic heterocycles. The van der Waals surface area contributed by atoms with Crippen molar-refractivity contribution >= 4 is 27.3 Å². The molecule has 2 rings (SSSR count). The minimum atomic E-state index is -3.86. The third-order valence-corrected chi connectivity index (χ3v) is 5.28. The van der Waals surface area contributed by atoms with E-state index >= 15 is 0 Å². The number of nitrogens with zero attached hydrogens (tertiary/aromatic N) is 1. The number of nitro benzene ring substituents is 1. The fraction of sp³-hybridized carbons (Fsp3) is 0.500. The molecule has 0 bridgehead atoms. The molecule has 0 saturated carbocycles. The number of nitrogens with one attached hydrogen (secondary N) is 2. The van der Waals surface area contributed by atoms with E-state index < -0.39 is 14.9 Å². The lowest BCUT2D eigenvalue weighted by Crippen LogP contribution is -2.38. The Hall–Kier alpha value is -1.22. The molecule has 1 aromatic rings. The molecule has 2 N–H and O–H groups in total. The summed E-state index contributed by atoms with van der Waals surface area (Å²) in [5.41, 5.74) is -0.306. The lowest BCUT2D eigenvalue weighted by Gasteiger charge is -2.22. The monoisotopic (exact) mass is 333 g/mol. The third kappa shape index (κ3) is 4.13. The van der Waals surface area contributed by atoms with Crippen molar-refractivity contribution in [2.45, 2.75) is 17.7 Å². The highest BCUT2D eigenvalue weighted by molar-refractivity contribution is 7.89. The molecule has 116 valence electrons. The highest BCUT2D eigenvalue weighted by Gasteiger charge is 2.23. The average Bonchev–Trinajstić information content (AvgIpc) is 2.46. The molecule has 1 fully saturated rings. The van der Waals surface area contributed by atoms with E-state index in [0.29, 0.717) is 0 Å². The van der Waals surface area contributed by atoms with Crippen molar-refractivity contribution < 1.29 is 13.3 Å². The summed E-state index contributed by atoms with van der Waals surface area (Å²) < 4.78 is 26.9. The van der Waals surface area contributed by atoms with Gasteiger partial charge in [-0.05, 0) is 37.9 Å². The molecule has 21 heavy (non-hydrogen) atoms. The summed E-state index contributed by atoms with van der Waals surface area (Å²) in [6.07, 6.45) is 1.95. The number of nitro groups is 1. The van der Waals surface area contributed by atoms with E-state index in [1.807, 2.05) is 0 Å². The number of piperidine rings is 1. The van der Waals surface area contributed by atoms with Crippen molar-refractivity contribution in [3.8, 4) is 0 Å². The predicted molar refractivity (Wildman–Crippen MR) is 78.9 cm³/mol. The number of sulfonamides is 1. The molecule has 1 unspecified atom stereocenters. The molecule has 1 atom stereocenters. The molecule has 1 aromatic carbocycles. The molecule has 0 aromatic heterocycles. The zero-order valence-corrected chi connectivity index (χ0v) is 12.8. The van der Waals surface area contributed by atoms with Crippen LogP contribution in [0.25, 0.3) is 0 Å². The van der Waals surface area contributed by atoms with Crippen LogP contribution >= 0.6 is 11.6 Å². The third-order valence-electron chi connectivity index (χ3n) is 3.38. The number of non-ortho nitro benzene ring substituents is 1. The van der Waals surface area contributed by atoms with Gasteiger partial charge in [-0.25, -0.2) is 13.1 Å². The molecule has 1 heterocycles. The van der Waals surface area contributed by atoms with Gasteiger partial charge in [-0.2, -0.15) is 0 Å². The smallest absolute Gasteiger partial charge is 0.270 e. The van der Waals surface area contributed by atoms with Crippen LogP contribution in [-0.4, -0.2) is 33.0 Å². The van der Waals surface area contributed by atoms with Gasteiger partial charge in [0.25, 0.3) is 5.69 Å². The fourth-order valence-corrected chi connectivity index (χ4v) is 3.85. The molecule has 9 heteroatoms. The van der Waals surface area contributed by atoms with Crippen LogP contribution in [0.15, 0.2) is 23.1 Å². The quantitative estimate of drug-likeness (QED) is 0.628. The van der Waals surface area contributed by atoms with Gasteiger partial charge in [-0.1, -0.05) is 11.6 Å². The van der Waals surface area contributed by atoms with Crippen LogP contribution in [-0.2, 0) is 10.0 Å². The standard InChI is InChI=1S/C12H16ClN3O4S/c13-11-4-3-10(16(17)18)6-12(11)21(19,20)15-8-9-2-1-5-14-7-9/h3-4,6,9,14-15H,1-2,5,7-8H2. The van der Waals surface area contributed by atoms with Gasteiger partial charge in [0.2, 0.25) is 10.0 Å². The van der Waals surface area contributed by atoms with Gasteiger partial charge in [-0.15, -0.1) is 0 Å². The van der Waals surface area contributed by atoms with Crippen LogP contribution < -0.4 is 10.0 Å². The van der Waals surface area contributed by atoms with Crippen LogP contribution in [0.1, 0.15) is 12.8 Å². The summed E-state index contributed by atoms with van der Waals surface area (Å²) in [5, 5.41) is 13.9. The minimum Gasteiger partial charge on any atom is -0.316 e. The summed E-state index contributed by atoms with van der Waals surface area (Å²) in [5.74, 6) is 0.214. The van der Waals surface area contributed by atoms with E-state index in [2.05, 4.69) is 10.0 Å². The Balaban J connectivity index is 2.14. The van der Waals surface area contributed by atoms with Gasteiger partial charge in [0, 0.05) is 18.7 Å². The average molecular weight is 334 g/mol. The summed E-state index contributed by atoms with van der Waals surface area (Å²) in [6, 6.07) is 3.37. The first kappa shape index (κ1) is 16.2. The first-order chi connectivity index (χ1) is 9.90. The minimum absolute atomic E-state index is 0.0325. The summed E-state index contributed by atoms with van der Waals surface area (Å²) in [7, 11) is -3.86. The topological polar surface area (TPSA) is 101 Å². The Labute approximate surface area is 127 Å². The largest absolute Gasteiger partial charge is 0.316 e. The molecule has 1 aliphatic rings. The van der Waals surface area contributed by atoms with Crippen LogP contribution in [0, 0.1) is 16.0 Å². The van der Waals surface area contributed by atoms with Crippen molar-refractivity contribution in [1.82, 2.24) is 10.0 Å². The molecule has 7 nitrogen and oxygen atoms in total. The maximum atomic E-state index is 12.2. The lowest BCUT2D eigenvalue weighted by atomic mass is 10.0. The maximum absolute atomic E-state index is 12.2. The molecule has 0 radical (unpaired) electrons. The number of rotatable bonds is 5. The Bertz CT molecular complexity index is 629. The maximum Gasteiger partial charge on any atom is 0.270 e. The highest BCUT2D eigenvalue weighted by atomic mass is 35.5. The second-order valence-corrected chi connectivity index (χ2v) is 7.08. The van der Waals surface area contributed by atoms with E-state index in [4.69, 9.17) is 11.6 Å². The van der Waals surface area contributed by atoms with E-state index in [1.54, 1.807) is 0 Å². The Morgan fingerprint density at radius 3 is 2.86 bits per heavy atom. The van der Waals surface area contributed by atoms with Crippen LogP contribution in [0.4, 0.5) is 5.69 Å². The van der Waals surface area contributed by atoms with E-state index in [1.165, 1.54) is 12.1 Å². The van der Waals surface area contributed by atoms with Gasteiger partial charge >= 0.3 is 0 Å². The van der Waals surface area contributed by atoms with Crippen molar-refractivity contribution in [2.75, 3.05) is 19.6 Å². The summed E-state index contributed by atoms with van der Waals surface area (Å²) >= 11 is 5.85. The first-order valence-corrected chi connectivity index (χ1v) is 8.40. The predicted octanol–water partition coefficient (Wildman–Crippen LogP) is 1.53. The Morgan fingerprint density at radius 2 is 2.24 bits per heavy atom. The van der Waals surface area contributed by atoms with Gasteiger partial charge in [-0.3, -0.25) is 10.1 Å². The molecule has 0 spiro atoms. The van der Waals surface area contributed by atoms with Gasteiger partial charge in [0.1, 0.15) is 4.90 Å². The van der Waals surface area contributed by atoms with Crippen LogP contribution in [0.2, 0.25) is 5.02 Å². The number of hydrogen-bond donors (Lipinski definition) is 2. The molecule has 0 amide bonds. The van der Waals surface area contributed by atoms with Crippen LogP contribution in [0.3, 0.4) is 0 Å². The zero-order valence-electron chi connectivity index (χ0n) is 11.2. The van der Waals surface area contributed by atoms with Crippen molar-refractivity contribution in [1.29, 1.82) is 0 Å². The number of benzene rings is 1. The number of halogens is 1. The second-order valence-electron chi connectivity index (χ2n) is 4.94. The van der Waals surface area contributed by atoms with E-state index in [-0.39, 0.29) is 28.1 Å². The number of hydrogen-bond acceptors (Lipinski definition) is 5. The zero-order chi connectivity index (χ0) is 15.5. The highest BCUT2D eigenvalue weighted by Crippen LogP contribution is 2.26. The fourth-order valence-electron chi connectivity index (χ4n) is 2.22. The Kier molecular flexibility index (Phi) is 5.15.